The summed E-state index contributed by atoms with van der Waals surface area (Å²) in [5.74, 6) is 0.924. The zero-order valence-corrected chi connectivity index (χ0v) is 13.0. The summed E-state index contributed by atoms with van der Waals surface area (Å²) in [7, 11) is 3.65. The molecular weight excluding hydrogens is 285 g/mol. The van der Waals surface area contributed by atoms with E-state index in [1.165, 1.54) is 0 Å². The fourth-order valence-corrected chi connectivity index (χ4v) is 4.01. The minimum atomic E-state index is -0.953. The maximum Gasteiger partial charge on any atom is 0.184 e. The van der Waals surface area contributed by atoms with Crippen LogP contribution in [0, 0.1) is 5.92 Å². The molecule has 4 nitrogen and oxygen atoms in total. The van der Waals surface area contributed by atoms with E-state index in [4.69, 9.17) is 14.2 Å². The Bertz CT molecular complexity index is 545. The Balaban J connectivity index is 1.53. The summed E-state index contributed by atoms with van der Waals surface area (Å²) in [4.78, 5) is 2.17. The first kappa shape index (κ1) is 14.4. The molecule has 0 bridgehead atoms. The van der Waals surface area contributed by atoms with Gasteiger partial charge in [-0.2, -0.15) is 0 Å². The van der Waals surface area contributed by atoms with Gasteiger partial charge < -0.3 is 14.2 Å². The van der Waals surface area contributed by atoms with E-state index in [0.717, 1.165) is 24.2 Å². The summed E-state index contributed by atoms with van der Waals surface area (Å²) in [6.45, 7) is 1.02. The molecule has 2 heterocycles. The number of hydrogen-bond donors (Lipinski definition) is 0. The Labute approximate surface area is 130 Å². The predicted molar refractivity (Wildman–Crippen MR) is 79.5 cm³/mol. The van der Waals surface area contributed by atoms with E-state index in [1.54, 1.807) is 7.11 Å². The van der Waals surface area contributed by atoms with Crippen molar-refractivity contribution in [2.75, 3.05) is 27.3 Å². The average Bonchev–Trinajstić information content (AvgIpc) is 3.35. The average molecular weight is 307 g/mol. The maximum atomic E-state index is 14.5. The van der Waals surface area contributed by atoms with Gasteiger partial charge in [-0.15, -0.1) is 0 Å². The number of fused-ring (bicyclic) bond motifs is 2. The Morgan fingerprint density at radius 3 is 2.64 bits per heavy atom. The van der Waals surface area contributed by atoms with Crippen LogP contribution in [-0.4, -0.2) is 50.0 Å². The summed E-state index contributed by atoms with van der Waals surface area (Å²) in [6, 6.07) is 7.58. The summed E-state index contributed by atoms with van der Waals surface area (Å²) in [5.41, 5.74) is 1.02. The number of nitrogens with zero attached hydrogens (tertiary/aromatic N) is 1. The number of halogens is 1. The van der Waals surface area contributed by atoms with Crippen molar-refractivity contribution in [2.45, 2.75) is 36.9 Å². The summed E-state index contributed by atoms with van der Waals surface area (Å²) < 4.78 is 31.6. The van der Waals surface area contributed by atoms with Crippen LogP contribution in [0.15, 0.2) is 24.3 Å². The molecule has 3 fully saturated rings. The van der Waals surface area contributed by atoms with Crippen molar-refractivity contribution in [3.63, 3.8) is 0 Å². The highest BCUT2D eigenvalue weighted by Crippen LogP contribution is 2.54. The molecule has 120 valence electrons. The number of ether oxygens (including phenoxy) is 3. The number of rotatable bonds is 2. The van der Waals surface area contributed by atoms with Crippen LogP contribution in [-0.2, 0) is 9.47 Å². The van der Waals surface area contributed by atoms with E-state index < -0.39 is 12.5 Å². The van der Waals surface area contributed by atoms with Gasteiger partial charge in [0.2, 0.25) is 0 Å². The van der Waals surface area contributed by atoms with Gasteiger partial charge in [0.25, 0.3) is 0 Å². The third-order valence-electron chi connectivity index (χ3n) is 5.51. The molecule has 1 spiro atoms. The lowest BCUT2D eigenvalue weighted by atomic mass is 9.83. The number of alkyl halides is 1. The highest BCUT2D eigenvalue weighted by molar-refractivity contribution is 5.28. The lowest BCUT2D eigenvalue weighted by Crippen LogP contribution is -2.61. The van der Waals surface area contributed by atoms with Gasteiger partial charge in [-0.1, -0.05) is 12.1 Å². The van der Waals surface area contributed by atoms with Gasteiger partial charge in [-0.25, -0.2) is 4.39 Å². The minimum absolute atomic E-state index is 0.109. The van der Waals surface area contributed by atoms with Gasteiger partial charge in [0, 0.05) is 23.6 Å². The smallest absolute Gasteiger partial charge is 0.184 e. The Morgan fingerprint density at radius 1 is 1.27 bits per heavy atom. The second-order valence-corrected chi connectivity index (χ2v) is 6.65. The first-order valence-electron chi connectivity index (χ1n) is 7.90. The number of piperidine rings is 1. The molecule has 0 aromatic heterocycles. The first-order valence-corrected chi connectivity index (χ1v) is 7.90. The van der Waals surface area contributed by atoms with Crippen molar-refractivity contribution in [3.8, 4) is 5.75 Å². The quantitative estimate of drug-likeness (QED) is 0.840. The van der Waals surface area contributed by atoms with Crippen LogP contribution in [0.1, 0.15) is 24.7 Å². The summed E-state index contributed by atoms with van der Waals surface area (Å²) in [5, 5.41) is 0. The molecule has 1 saturated carbocycles. The van der Waals surface area contributed by atoms with Crippen molar-refractivity contribution in [2.24, 2.45) is 5.92 Å². The molecular formula is C17H22FNO3. The SMILES string of the molecule is COc1ccc(C2OCC3C(O2)C(F)CN(C)C32CC2)cc1. The largest absolute Gasteiger partial charge is 0.497 e. The Morgan fingerprint density at radius 2 is 2.00 bits per heavy atom. The van der Waals surface area contributed by atoms with Gasteiger partial charge in [0.15, 0.2) is 6.29 Å². The summed E-state index contributed by atoms with van der Waals surface area (Å²) in [6.07, 6.45) is 0.448. The lowest BCUT2D eigenvalue weighted by molar-refractivity contribution is -0.278. The third kappa shape index (κ3) is 2.14. The molecule has 1 aromatic rings. The van der Waals surface area contributed by atoms with E-state index in [0.29, 0.717) is 13.2 Å². The number of hydrogen-bond acceptors (Lipinski definition) is 4. The number of benzene rings is 1. The molecule has 2 saturated heterocycles. The van der Waals surface area contributed by atoms with Gasteiger partial charge in [-0.3, -0.25) is 4.90 Å². The highest BCUT2D eigenvalue weighted by atomic mass is 19.1. The maximum absolute atomic E-state index is 14.5. The molecule has 2 aliphatic heterocycles. The fourth-order valence-electron chi connectivity index (χ4n) is 4.01. The van der Waals surface area contributed by atoms with Crippen LogP contribution < -0.4 is 4.74 Å². The number of likely N-dealkylation sites (tertiary alicyclic amines) is 1. The molecule has 1 aliphatic carbocycles. The fraction of sp³-hybridized carbons (Fsp3) is 0.647. The molecule has 22 heavy (non-hydrogen) atoms. The second-order valence-electron chi connectivity index (χ2n) is 6.65. The monoisotopic (exact) mass is 307 g/mol. The minimum Gasteiger partial charge on any atom is -0.497 e. The molecule has 5 heteroatoms. The van der Waals surface area contributed by atoms with Crippen molar-refractivity contribution >= 4 is 0 Å². The van der Waals surface area contributed by atoms with Gasteiger partial charge >= 0.3 is 0 Å². The number of methoxy groups -OCH3 is 1. The van der Waals surface area contributed by atoms with Crippen LogP contribution >= 0.6 is 0 Å². The van der Waals surface area contributed by atoms with Crippen molar-refractivity contribution in [3.05, 3.63) is 29.8 Å². The zero-order valence-electron chi connectivity index (χ0n) is 13.0. The van der Waals surface area contributed by atoms with Gasteiger partial charge in [0.05, 0.1) is 13.7 Å². The molecule has 4 unspecified atom stereocenters. The van der Waals surface area contributed by atoms with Crippen LogP contribution in [0.3, 0.4) is 0 Å². The predicted octanol–water partition coefficient (Wildman–Crippen LogP) is 2.54. The van der Waals surface area contributed by atoms with Gasteiger partial charge in [0.1, 0.15) is 18.0 Å². The lowest BCUT2D eigenvalue weighted by Gasteiger charge is -2.49. The standard InChI is InChI=1S/C17H22FNO3/c1-19-9-14(18)15-13(17(19)7-8-17)10-21-16(22-15)11-3-5-12(20-2)6-4-11/h3-6,13-16H,7-10H2,1-2H3. The zero-order chi connectivity index (χ0) is 15.3. The van der Waals surface area contributed by atoms with Crippen molar-refractivity contribution < 1.29 is 18.6 Å². The second kappa shape index (κ2) is 5.18. The molecule has 4 atom stereocenters. The molecule has 4 rings (SSSR count). The van der Waals surface area contributed by atoms with Crippen molar-refractivity contribution in [1.82, 2.24) is 4.90 Å². The van der Waals surface area contributed by atoms with Crippen LogP contribution in [0.4, 0.5) is 4.39 Å². The topological polar surface area (TPSA) is 30.9 Å². The van der Waals surface area contributed by atoms with Gasteiger partial charge in [-0.05, 0) is 32.0 Å². The van der Waals surface area contributed by atoms with E-state index in [1.807, 2.05) is 31.3 Å². The molecule has 0 N–H and O–H groups in total. The van der Waals surface area contributed by atoms with Crippen molar-refractivity contribution in [1.29, 1.82) is 0 Å². The van der Waals surface area contributed by atoms with Crippen LogP contribution in [0.5, 0.6) is 5.75 Å². The van der Waals surface area contributed by atoms with E-state index in [2.05, 4.69) is 4.90 Å². The van der Waals surface area contributed by atoms with Crippen LogP contribution in [0.25, 0.3) is 0 Å². The molecule has 0 amide bonds. The third-order valence-corrected chi connectivity index (χ3v) is 5.51. The normalized spacial score (nSPS) is 36.9. The van der Waals surface area contributed by atoms with E-state index >= 15 is 0 Å². The summed E-state index contributed by atoms with van der Waals surface area (Å²) >= 11 is 0. The molecule has 0 radical (unpaired) electrons. The first-order chi connectivity index (χ1) is 10.6. The van der Waals surface area contributed by atoms with Crippen LogP contribution in [0.2, 0.25) is 0 Å². The van der Waals surface area contributed by atoms with E-state index in [9.17, 15) is 4.39 Å². The molecule has 3 aliphatic rings. The Hall–Kier alpha value is -1.17. The Kier molecular flexibility index (Phi) is 3.40. The molecule has 1 aromatic carbocycles. The highest BCUT2D eigenvalue weighted by Gasteiger charge is 2.61. The van der Waals surface area contributed by atoms with E-state index in [-0.39, 0.29) is 17.6 Å².